The van der Waals surface area contributed by atoms with Crippen LogP contribution in [-0.2, 0) is 6.54 Å². The highest BCUT2D eigenvalue weighted by Crippen LogP contribution is 2.31. The number of hydrogen-bond donors (Lipinski definition) is 1. The Morgan fingerprint density at radius 3 is 2.92 bits per heavy atom. The molecule has 1 aromatic carbocycles. The molecule has 5 heteroatoms. The summed E-state index contributed by atoms with van der Waals surface area (Å²) in [5.41, 5.74) is 2.99. The minimum Gasteiger partial charge on any atom is -0.497 e. The van der Waals surface area contributed by atoms with Crippen LogP contribution in [0.5, 0.6) is 5.75 Å². The maximum absolute atomic E-state index is 12.7. The van der Waals surface area contributed by atoms with E-state index in [-0.39, 0.29) is 5.91 Å². The van der Waals surface area contributed by atoms with E-state index in [1.54, 1.807) is 18.4 Å². The van der Waals surface area contributed by atoms with Gasteiger partial charge in [-0.2, -0.15) is 0 Å². The van der Waals surface area contributed by atoms with Gasteiger partial charge >= 0.3 is 0 Å². The molecule has 1 N–H and O–H groups in total. The van der Waals surface area contributed by atoms with E-state index >= 15 is 0 Å². The lowest BCUT2D eigenvalue weighted by atomic mass is 10.2. The van der Waals surface area contributed by atoms with E-state index in [1.807, 2.05) is 24.3 Å². The molecule has 0 spiro atoms. The number of fused-ring (bicyclic) bond motifs is 1. The third kappa shape index (κ3) is 3.42. The molecule has 4 nitrogen and oxygen atoms in total. The number of thiophene rings is 1. The van der Waals surface area contributed by atoms with Crippen molar-refractivity contribution in [1.82, 2.24) is 9.88 Å². The summed E-state index contributed by atoms with van der Waals surface area (Å²) in [4.78, 5) is 14.0. The number of ether oxygens (including phenoxy) is 1. The molecule has 4 rings (SSSR count). The lowest BCUT2D eigenvalue weighted by Crippen LogP contribution is -2.27. The van der Waals surface area contributed by atoms with Crippen LogP contribution in [0.1, 0.15) is 33.8 Å². The van der Waals surface area contributed by atoms with E-state index in [2.05, 4.69) is 28.9 Å². The van der Waals surface area contributed by atoms with Crippen LogP contribution >= 0.6 is 11.3 Å². The minimum absolute atomic E-state index is 0.0239. The van der Waals surface area contributed by atoms with Gasteiger partial charge in [0, 0.05) is 18.0 Å². The molecule has 130 valence electrons. The molecule has 2 heterocycles. The van der Waals surface area contributed by atoms with Crippen LogP contribution in [0.15, 0.2) is 36.4 Å². The molecule has 1 aliphatic carbocycles. The monoisotopic (exact) mass is 354 g/mol. The van der Waals surface area contributed by atoms with E-state index in [4.69, 9.17) is 4.74 Å². The van der Waals surface area contributed by atoms with Crippen LogP contribution in [0.25, 0.3) is 10.2 Å². The highest BCUT2D eigenvalue weighted by molar-refractivity contribution is 7.19. The van der Waals surface area contributed by atoms with Crippen molar-refractivity contribution in [3.63, 3.8) is 0 Å². The number of nitrogens with one attached hydrogen (secondary N) is 1. The highest BCUT2D eigenvalue weighted by atomic mass is 32.1. The van der Waals surface area contributed by atoms with Gasteiger partial charge in [-0.05, 0) is 55.5 Å². The van der Waals surface area contributed by atoms with E-state index in [0.717, 1.165) is 33.8 Å². The fourth-order valence-electron chi connectivity index (χ4n) is 3.13. The lowest BCUT2D eigenvalue weighted by molar-refractivity contribution is 0.0943. The normalized spacial score (nSPS) is 14.0. The number of benzene rings is 1. The second-order valence-electron chi connectivity index (χ2n) is 6.73. The molecule has 3 aromatic rings. The summed E-state index contributed by atoms with van der Waals surface area (Å²) < 4.78 is 8.61. The van der Waals surface area contributed by atoms with Crippen molar-refractivity contribution in [2.24, 2.45) is 5.92 Å². The standard InChI is InChI=1S/C20H22N2O2S/c1-13-8-17-19(25-13)10-18(20(23)21-11-14-6-7-14)22(17)12-15-4-3-5-16(9-15)24-2/h3-5,8-10,14H,6-7,11-12H2,1-2H3,(H,21,23). The van der Waals surface area contributed by atoms with Crippen molar-refractivity contribution in [2.45, 2.75) is 26.3 Å². The maximum Gasteiger partial charge on any atom is 0.267 e. The van der Waals surface area contributed by atoms with Crippen LogP contribution in [0.4, 0.5) is 0 Å². The van der Waals surface area contributed by atoms with E-state index in [0.29, 0.717) is 12.5 Å². The fraction of sp³-hybridized carbons (Fsp3) is 0.350. The van der Waals surface area contributed by atoms with Gasteiger partial charge in [0.2, 0.25) is 0 Å². The zero-order chi connectivity index (χ0) is 17.4. The summed E-state index contributed by atoms with van der Waals surface area (Å²) in [6.07, 6.45) is 2.47. The van der Waals surface area contributed by atoms with Crippen molar-refractivity contribution in [1.29, 1.82) is 0 Å². The third-order valence-electron chi connectivity index (χ3n) is 4.67. The Morgan fingerprint density at radius 1 is 1.32 bits per heavy atom. The second kappa shape index (κ2) is 6.56. The predicted octanol–water partition coefficient (Wildman–Crippen LogP) is 4.21. The molecule has 0 unspecified atom stereocenters. The number of rotatable bonds is 6. The van der Waals surface area contributed by atoms with Gasteiger partial charge < -0.3 is 14.6 Å². The predicted molar refractivity (Wildman–Crippen MR) is 102 cm³/mol. The first-order chi connectivity index (χ1) is 12.1. The minimum atomic E-state index is 0.0239. The lowest BCUT2D eigenvalue weighted by Gasteiger charge is -2.12. The van der Waals surface area contributed by atoms with E-state index in [9.17, 15) is 4.79 Å². The van der Waals surface area contributed by atoms with E-state index in [1.165, 1.54) is 17.7 Å². The number of amides is 1. The summed E-state index contributed by atoms with van der Waals surface area (Å²) in [5, 5.41) is 3.10. The van der Waals surface area contributed by atoms with Crippen LogP contribution in [0.3, 0.4) is 0 Å². The number of aryl methyl sites for hydroxylation is 1. The van der Waals surface area contributed by atoms with Gasteiger partial charge in [0.05, 0.1) is 17.3 Å². The third-order valence-corrected chi connectivity index (χ3v) is 5.66. The Labute approximate surface area is 151 Å². The Kier molecular flexibility index (Phi) is 4.25. The van der Waals surface area contributed by atoms with Gasteiger partial charge in [-0.25, -0.2) is 0 Å². The van der Waals surface area contributed by atoms with Crippen LogP contribution < -0.4 is 10.1 Å². The molecular weight excluding hydrogens is 332 g/mol. The molecule has 1 amide bonds. The van der Waals surface area contributed by atoms with Crippen molar-refractivity contribution < 1.29 is 9.53 Å². The van der Waals surface area contributed by atoms with E-state index < -0.39 is 0 Å². The Morgan fingerprint density at radius 2 is 2.16 bits per heavy atom. The smallest absolute Gasteiger partial charge is 0.267 e. The molecule has 0 bridgehead atoms. The quantitative estimate of drug-likeness (QED) is 0.721. The molecule has 0 atom stereocenters. The first-order valence-electron chi connectivity index (χ1n) is 8.65. The number of hydrogen-bond acceptors (Lipinski definition) is 3. The number of carbonyl (C=O) groups is 1. The molecule has 1 fully saturated rings. The first kappa shape index (κ1) is 16.2. The molecule has 0 aliphatic heterocycles. The van der Waals surface area contributed by atoms with Crippen molar-refractivity contribution >= 4 is 27.5 Å². The largest absolute Gasteiger partial charge is 0.497 e. The average molecular weight is 354 g/mol. The summed E-state index contributed by atoms with van der Waals surface area (Å²) in [5.74, 6) is 1.53. The molecule has 0 saturated heterocycles. The molecule has 2 aromatic heterocycles. The van der Waals surface area contributed by atoms with Crippen molar-refractivity contribution in [3.05, 3.63) is 52.5 Å². The van der Waals surface area contributed by atoms with Gasteiger partial charge in [0.25, 0.3) is 5.91 Å². The summed E-state index contributed by atoms with van der Waals surface area (Å²) >= 11 is 1.73. The fourth-order valence-corrected chi connectivity index (χ4v) is 4.09. The number of methoxy groups -OCH3 is 1. The Balaban J connectivity index is 1.68. The summed E-state index contributed by atoms with van der Waals surface area (Å²) in [6.45, 7) is 3.55. The maximum atomic E-state index is 12.7. The zero-order valence-electron chi connectivity index (χ0n) is 14.5. The molecule has 0 radical (unpaired) electrons. The summed E-state index contributed by atoms with van der Waals surface area (Å²) in [6, 6.07) is 12.2. The molecule has 1 saturated carbocycles. The zero-order valence-corrected chi connectivity index (χ0v) is 15.4. The average Bonchev–Trinajstić information content (AvgIpc) is 3.29. The van der Waals surface area contributed by atoms with Gasteiger partial charge in [-0.3, -0.25) is 4.79 Å². The first-order valence-corrected chi connectivity index (χ1v) is 9.46. The molecular formula is C20H22N2O2S. The van der Waals surface area contributed by atoms with Crippen molar-refractivity contribution in [3.8, 4) is 5.75 Å². The molecule has 25 heavy (non-hydrogen) atoms. The van der Waals surface area contributed by atoms with Gasteiger partial charge in [-0.1, -0.05) is 12.1 Å². The van der Waals surface area contributed by atoms with Crippen LogP contribution in [0, 0.1) is 12.8 Å². The number of carbonyl (C=O) groups excluding carboxylic acids is 1. The highest BCUT2D eigenvalue weighted by Gasteiger charge is 2.23. The SMILES string of the molecule is COc1cccc(Cn2c(C(=O)NCC3CC3)cc3sc(C)cc32)c1. The molecule has 1 aliphatic rings. The van der Waals surface area contributed by atoms with Crippen LogP contribution in [-0.4, -0.2) is 24.1 Å². The Bertz CT molecular complexity index is 921. The van der Waals surface area contributed by atoms with Gasteiger partial charge in [-0.15, -0.1) is 11.3 Å². The van der Waals surface area contributed by atoms with Gasteiger partial charge in [0.15, 0.2) is 0 Å². The number of aromatic nitrogens is 1. The number of nitrogens with zero attached hydrogens (tertiary/aromatic N) is 1. The van der Waals surface area contributed by atoms with Crippen molar-refractivity contribution in [2.75, 3.05) is 13.7 Å². The topological polar surface area (TPSA) is 43.3 Å². The Hall–Kier alpha value is -2.27. The van der Waals surface area contributed by atoms with Gasteiger partial charge in [0.1, 0.15) is 11.4 Å². The summed E-state index contributed by atoms with van der Waals surface area (Å²) in [7, 11) is 1.67. The van der Waals surface area contributed by atoms with Crippen LogP contribution in [0.2, 0.25) is 0 Å². The second-order valence-corrected chi connectivity index (χ2v) is 8.02.